The molecule has 5 rings (SSSR count). The lowest BCUT2D eigenvalue weighted by atomic mass is 9.89. The lowest BCUT2D eigenvalue weighted by molar-refractivity contribution is -0.125. The molecule has 10 heteroatoms. The number of methoxy groups -OCH3 is 1. The number of nitrogens with one attached hydrogen (secondary N) is 1. The third kappa shape index (κ3) is 3.86. The monoisotopic (exact) mass is 491 g/mol. The molecule has 0 unspecified atom stereocenters. The van der Waals surface area contributed by atoms with Crippen molar-refractivity contribution in [2.24, 2.45) is 5.73 Å². The number of benzene rings is 2. The summed E-state index contributed by atoms with van der Waals surface area (Å²) in [6.45, 7) is 5.20. The van der Waals surface area contributed by atoms with E-state index in [2.05, 4.69) is 10.3 Å². The van der Waals surface area contributed by atoms with Gasteiger partial charge in [-0.3, -0.25) is 4.79 Å². The number of nitrogens with two attached hydrogens (primary N) is 1. The molecule has 0 bridgehead atoms. The summed E-state index contributed by atoms with van der Waals surface area (Å²) < 4.78 is 7.06. The molecule has 35 heavy (non-hydrogen) atoms. The minimum Gasteiger partial charge on any atom is -0.497 e. The fourth-order valence-corrected chi connectivity index (χ4v) is 4.76. The van der Waals surface area contributed by atoms with E-state index in [1.165, 1.54) is 0 Å². The Morgan fingerprint density at radius 2 is 1.89 bits per heavy atom. The Labute approximate surface area is 207 Å². The quantitative estimate of drug-likeness (QED) is 0.408. The summed E-state index contributed by atoms with van der Waals surface area (Å²) in [6.07, 6.45) is 0. The lowest BCUT2D eigenvalue weighted by Gasteiger charge is -2.48. The molecule has 0 saturated carbocycles. The zero-order valence-electron chi connectivity index (χ0n) is 19.7. The summed E-state index contributed by atoms with van der Waals surface area (Å²) in [5, 5.41) is 8.75. The molecular weight excluding hydrogens is 466 g/mol. The van der Waals surface area contributed by atoms with Gasteiger partial charge in [0, 0.05) is 18.7 Å². The van der Waals surface area contributed by atoms with Crippen LogP contribution in [0.3, 0.4) is 0 Å². The second kappa shape index (κ2) is 8.83. The first-order chi connectivity index (χ1) is 16.9. The van der Waals surface area contributed by atoms with E-state index in [9.17, 15) is 4.79 Å². The van der Waals surface area contributed by atoms with Crippen molar-refractivity contribution in [3.8, 4) is 28.1 Å². The largest absolute Gasteiger partial charge is 0.497 e. The first-order valence-corrected chi connectivity index (χ1v) is 11.7. The molecule has 2 aromatic heterocycles. The predicted octanol–water partition coefficient (Wildman–Crippen LogP) is 3.08. The molecule has 1 saturated heterocycles. The van der Waals surface area contributed by atoms with Crippen LogP contribution in [0.25, 0.3) is 28.0 Å². The Kier molecular flexibility index (Phi) is 5.82. The van der Waals surface area contributed by atoms with Gasteiger partial charge >= 0.3 is 0 Å². The molecule has 0 atom stereocenters. The van der Waals surface area contributed by atoms with E-state index >= 15 is 0 Å². The van der Waals surface area contributed by atoms with Crippen LogP contribution in [-0.2, 0) is 4.79 Å². The number of rotatable bonds is 7. The second-order valence-electron chi connectivity index (χ2n) is 8.57. The summed E-state index contributed by atoms with van der Waals surface area (Å²) in [7, 11) is 1.63. The Hall–Kier alpha value is -3.69. The predicted molar refractivity (Wildman–Crippen MR) is 136 cm³/mol. The molecule has 180 valence electrons. The fourth-order valence-electron chi connectivity index (χ4n) is 4.53. The van der Waals surface area contributed by atoms with Crippen molar-refractivity contribution in [2.45, 2.75) is 19.4 Å². The van der Waals surface area contributed by atoms with E-state index in [4.69, 9.17) is 32.2 Å². The minimum absolute atomic E-state index is 0.381. The zero-order valence-corrected chi connectivity index (χ0v) is 20.5. The highest BCUT2D eigenvalue weighted by molar-refractivity contribution is 6.33. The second-order valence-corrected chi connectivity index (χ2v) is 8.98. The maximum Gasteiger partial charge on any atom is 0.241 e. The van der Waals surface area contributed by atoms with E-state index in [0.29, 0.717) is 47.8 Å². The number of halogens is 1. The first-order valence-electron chi connectivity index (χ1n) is 11.3. The summed E-state index contributed by atoms with van der Waals surface area (Å²) in [5.41, 5.74) is 8.80. The smallest absolute Gasteiger partial charge is 0.241 e. The topological polar surface area (TPSA) is 111 Å². The molecule has 3 N–H and O–H groups in total. The molecule has 0 aliphatic carbocycles. The van der Waals surface area contributed by atoms with E-state index in [-0.39, 0.29) is 5.91 Å². The molecule has 1 fully saturated rings. The summed E-state index contributed by atoms with van der Waals surface area (Å²) in [4.78, 5) is 23.6. The normalized spacial score (nSPS) is 14.7. The number of carbonyl (C=O) groups is 1. The number of hydrogen-bond donors (Lipinski definition) is 2. The number of hydrogen-bond acceptors (Lipinski definition) is 7. The van der Waals surface area contributed by atoms with Crippen molar-refractivity contribution >= 4 is 29.1 Å². The van der Waals surface area contributed by atoms with Crippen LogP contribution >= 0.6 is 11.6 Å². The van der Waals surface area contributed by atoms with Crippen LogP contribution in [0, 0.1) is 6.92 Å². The van der Waals surface area contributed by atoms with Gasteiger partial charge in [-0.2, -0.15) is 14.6 Å². The van der Waals surface area contributed by atoms with Gasteiger partial charge in [-0.15, -0.1) is 0 Å². The first kappa shape index (κ1) is 23.1. The van der Waals surface area contributed by atoms with E-state index in [1.807, 2.05) is 67.3 Å². The highest BCUT2D eigenvalue weighted by Crippen LogP contribution is 2.39. The summed E-state index contributed by atoms with van der Waals surface area (Å²) in [6, 6.07) is 15.3. The van der Waals surface area contributed by atoms with Gasteiger partial charge in [0.05, 0.1) is 17.7 Å². The van der Waals surface area contributed by atoms with Crippen LogP contribution in [-0.4, -0.2) is 57.8 Å². The average molecular weight is 492 g/mol. The van der Waals surface area contributed by atoms with Gasteiger partial charge in [0.25, 0.3) is 0 Å². The number of primary amides is 1. The molecule has 1 aliphatic rings. The number of aryl methyl sites for hydroxylation is 1. The Morgan fingerprint density at radius 1 is 1.17 bits per heavy atom. The van der Waals surface area contributed by atoms with Crippen molar-refractivity contribution in [3.63, 3.8) is 0 Å². The molecule has 9 nitrogen and oxygen atoms in total. The van der Waals surface area contributed by atoms with Gasteiger partial charge in [-0.25, -0.2) is 4.98 Å². The third-order valence-corrected chi connectivity index (χ3v) is 6.61. The number of amides is 1. The number of nitrogens with zero attached hydrogens (tertiary/aromatic N) is 5. The van der Waals surface area contributed by atoms with Gasteiger partial charge in [-0.05, 0) is 37.2 Å². The van der Waals surface area contributed by atoms with E-state index < -0.39 is 5.54 Å². The maximum absolute atomic E-state index is 12.2. The van der Waals surface area contributed by atoms with Crippen LogP contribution in [0.15, 0.2) is 48.5 Å². The lowest BCUT2D eigenvalue weighted by Crippen LogP contribution is -2.75. The minimum atomic E-state index is -0.794. The summed E-state index contributed by atoms with van der Waals surface area (Å²) >= 11 is 6.60. The van der Waals surface area contributed by atoms with Gasteiger partial charge < -0.3 is 20.7 Å². The van der Waals surface area contributed by atoms with Crippen molar-refractivity contribution in [2.75, 3.05) is 31.6 Å². The van der Waals surface area contributed by atoms with Crippen molar-refractivity contribution in [1.82, 2.24) is 24.9 Å². The van der Waals surface area contributed by atoms with Crippen LogP contribution in [0.4, 0.5) is 5.95 Å². The standard InChI is InChI=1S/C25H26ClN7O2/c1-4-28-25(23(27)34)13-32(14-25)24-30-15(2)29-22-20(16-9-11-17(35-3)12-10-16)21(31-33(22)24)18-7-5-6-8-19(18)26/h5-12,28H,4,13-14H2,1-3H3,(H2,27,34). The SMILES string of the molecule is CCNC1(C(N)=O)CN(c2nc(C)nc3c(-c4ccc(OC)cc4)c(-c4ccccc4Cl)nn23)C1. The van der Waals surface area contributed by atoms with Crippen molar-refractivity contribution in [1.29, 1.82) is 0 Å². The number of ether oxygens (including phenoxy) is 1. The fraction of sp³-hybridized carbons (Fsp3) is 0.280. The number of carbonyl (C=O) groups excluding carboxylic acids is 1. The van der Waals surface area contributed by atoms with Crippen molar-refractivity contribution < 1.29 is 9.53 Å². The van der Waals surface area contributed by atoms with Crippen LogP contribution in [0.2, 0.25) is 5.02 Å². The Bertz CT molecular complexity index is 1410. The number of fused-ring (bicyclic) bond motifs is 1. The summed E-state index contributed by atoms with van der Waals surface area (Å²) in [5.74, 6) is 1.56. The molecule has 3 heterocycles. The van der Waals surface area contributed by atoms with Gasteiger partial charge in [0.15, 0.2) is 5.65 Å². The van der Waals surface area contributed by atoms with E-state index in [0.717, 1.165) is 22.4 Å². The van der Waals surface area contributed by atoms with Crippen LogP contribution in [0.1, 0.15) is 12.7 Å². The maximum atomic E-state index is 12.2. The number of aromatic nitrogens is 4. The average Bonchev–Trinajstić information content (AvgIpc) is 3.19. The molecular formula is C25H26ClN7O2. The van der Waals surface area contributed by atoms with Gasteiger partial charge in [0.1, 0.15) is 22.8 Å². The van der Waals surface area contributed by atoms with Gasteiger partial charge in [-0.1, -0.05) is 48.9 Å². The van der Waals surface area contributed by atoms with Crippen LogP contribution in [0.5, 0.6) is 5.75 Å². The highest BCUT2D eigenvalue weighted by Gasteiger charge is 2.49. The van der Waals surface area contributed by atoms with E-state index in [1.54, 1.807) is 11.6 Å². The Balaban J connectivity index is 1.71. The highest BCUT2D eigenvalue weighted by atomic mass is 35.5. The molecule has 4 aromatic rings. The third-order valence-electron chi connectivity index (χ3n) is 6.28. The van der Waals surface area contributed by atoms with Crippen LogP contribution < -0.4 is 20.7 Å². The molecule has 2 aromatic carbocycles. The van der Waals surface area contributed by atoms with Gasteiger partial charge in [0.2, 0.25) is 11.9 Å². The van der Waals surface area contributed by atoms with Crippen molar-refractivity contribution in [3.05, 3.63) is 59.4 Å². The zero-order chi connectivity index (χ0) is 24.7. The number of likely N-dealkylation sites (N-methyl/N-ethyl adjacent to an activating group) is 1. The molecule has 1 amide bonds. The molecule has 0 radical (unpaired) electrons. The Morgan fingerprint density at radius 3 is 2.51 bits per heavy atom. The number of anilines is 1. The molecule has 0 spiro atoms. The molecule has 1 aliphatic heterocycles.